The summed E-state index contributed by atoms with van der Waals surface area (Å²) in [6.45, 7) is 0. The lowest BCUT2D eigenvalue weighted by molar-refractivity contribution is 0.103. The second-order valence-electron chi connectivity index (χ2n) is 5.30. The van der Waals surface area contributed by atoms with Crippen LogP contribution >= 0.6 is 22.9 Å². The van der Waals surface area contributed by atoms with Crippen molar-refractivity contribution in [3.8, 4) is 5.75 Å². The fraction of sp³-hybridized carbons (Fsp3) is 0. The number of halogens is 1. The maximum Gasteiger partial charge on any atom is 0.364 e. The SMILES string of the molecule is O=C(Nc1c(O)c2ccccc2oc1=O)c1sc2ccccc2c1Cl. The fourth-order valence-corrected chi connectivity index (χ4v) is 3.99. The van der Waals surface area contributed by atoms with Gasteiger partial charge < -0.3 is 14.8 Å². The van der Waals surface area contributed by atoms with Crippen LogP contribution in [0.3, 0.4) is 0 Å². The summed E-state index contributed by atoms with van der Waals surface area (Å²) in [5.41, 5.74) is -0.901. The van der Waals surface area contributed by atoms with Gasteiger partial charge in [-0.05, 0) is 18.2 Å². The van der Waals surface area contributed by atoms with Crippen LogP contribution < -0.4 is 10.9 Å². The first-order valence-electron chi connectivity index (χ1n) is 7.29. The molecule has 2 aromatic heterocycles. The van der Waals surface area contributed by atoms with Gasteiger partial charge in [0.25, 0.3) is 5.91 Å². The Bertz CT molecular complexity index is 1190. The first-order valence-corrected chi connectivity index (χ1v) is 8.49. The van der Waals surface area contributed by atoms with E-state index >= 15 is 0 Å². The van der Waals surface area contributed by atoms with Crippen LogP contribution in [0.15, 0.2) is 57.7 Å². The molecule has 5 nitrogen and oxygen atoms in total. The van der Waals surface area contributed by atoms with E-state index in [1.807, 2.05) is 24.3 Å². The summed E-state index contributed by atoms with van der Waals surface area (Å²) in [6.07, 6.45) is 0. The largest absolute Gasteiger partial charge is 0.505 e. The Morgan fingerprint density at radius 1 is 1.08 bits per heavy atom. The second-order valence-corrected chi connectivity index (χ2v) is 6.73. The molecule has 0 atom stereocenters. The molecule has 0 fully saturated rings. The van der Waals surface area contributed by atoms with Crippen molar-refractivity contribution < 1.29 is 14.3 Å². The Kier molecular flexibility index (Phi) is 3.71. The summed E-state index contributed by atoms with van der Waals surface area (Å²) in [5, 5.41) is 14.2. The number of hydrogen-bond acceptors (Lipinski definition) is 5. The Morgan fingerprint density at radius 3 is 2.52 bits per heavy atom. The molecule has 0 aliphatic rings. The molecular formula is C18H10ClNO4S. The van der Waals surface area contributed by atoms with Crippen LogP contribution in [0.4, 0.5) is 5.69 Å². The minimum absolute atomic E-state index is 0.239. The van der Waals surface area contributed by atoms with E-state index in [0.717, 1.165) is 10.1 Å². The third-order valence-corrected chi connectivity index (χ3v) is 5.44. The number of carbonyl (C=O) groups is 1. The second kappa shape index (κ2) is 5.91. The Labute approximate surface area is 150 Å². The maximum absolute atomic E-state index is 12.6. The average molecular weight is 372 g/mol. The number of aromatic hydroxyl groups is 1. The van der Waals surface area contributed by atoms with Crippen LogP contribution in [0.2, 0.25) is 5.02 Å². The molecule has 124 valence electrons. The fourth-order valence-electron chi connectivity index (χ4n) is 2.57. The van der Waals surface area contributed by atoms with Crippen LogP contribution in [-0.4, -0.2) is 11.0 Å². The van der Waals surface area contributed by atoms with Gasteiger partial charge in [0.15, 0.2) is 11.4 Å². The average Bonchev–Trinajstić information content (AvgIpc) is 2.96. The van der Waals surface area contributed by atoms with Gasteiger partial charge in [-0.3, -0.25) is 4.79 Å². The lowest BCUT2D eigenvalue weighted by atomic mass is 10.2. The van der Waals surface area contributed by atoms with Gasteiger partial charge in [-0.15, -0.1) is 11.3 Å². The smallest absolute Gasteiger partial charge is 0.364 e. The number of thiophene rings is 1. The zero-order valence-electron chi connectivity index (χ0n) is 12.6. The van der Waals surface area contributed by atoms with Gasteiger partial charge in [0.05, 0.1) is 10.4 Å². The number of carbonyl (C=O) groups excluding carboxylic acids is 1. The van der Waals surface area contributed by atoms with E-state index in [1.165, 1.54) is 11.3 Å². The van der Waals surface area contributed by atoms with Gasteiger partial charge in [-0.2, -0.15) is 0 Å². The molecule has 4 aromatic rings. The van der Waals surface area contributed by atoms with Crippen LogP contribution in [0.5, 0.6) is 5.75 Å². The third-order valence-electron chi connectivity index (χ3n) is 3.77. The van der Waals surface area contributed by atoms with Crippen LogP contribution in [0, 0.1) is 0 Å². The van der Waals surface area contributed by atoms with Crippen molar-refractivity contribution in [3.63, 3.8) is 0 Å². The summed E-state index contributed by atoms with van der Waals surface area (Å²) in [7, 11) is 0. The third kappa shape index (κ3) is 2.56. The number of amides is 1. The number of rotatable bonds is 2. The zero-order chi connectivity index (χ0) is 17.6. The summed E-state index contributed by atoms with van der Waals surface area (Å²) >= 11 is 7.49. The Hall–Kier alpha value is -2.83. The highest BCUT2D eigenvalue weighted by molar-refractivity contribution is 7.21. The number of anilines is 1. The number of nitrogens with one attached hydrogen (secondary N) is 1. The molecule has 25 heavy (non-hydrogen) atoms. The van der Waals surface area contributed by atoms with E-state index in [4.69, 9.17) is 16.0 Å². The van der Waals surface area contributed by atoms with Gasteiger partial charge in [0.1, 0.15) is 10.5 Å². The summed E-state index contributed by atoms with van der Waals surface area (Å²) < 4.78 is 5.99. The van der Waals surface area contributed by atoms with Crippen molar-refractivity contribution in [1.82, 2.24) is 0 Å². The monoisotopic (exact) mass is 371 g/mol. The highest BCUT2D eigenvalue weighted by atomic mass is 35.5. The molecule has 0 radical (unpaired) electrons. The van der Waals surface area contributed by atoms with E-state index < -0.39 is 11.5 Å². The topological polar surface area (TPSA) is 79.5 Å². The molecule has 0 bridgehead atoms. The lowest BCUT2D eigenvalue weighted by Gasteiger charge is -2.07. The molecule has 0 aliphatic carbocycles. The number of fused-ring (bicyclic) bond motifs is 2. The highest BCUT2D eigenvalue weighted by Gasteiger charge is 2.21. The molecule has 2 aromatic carbocycles. The molecule has 7 heteroatoms. The van der Waals surface area contributed by atoms with E-state index in [0.29, 0.717) is 10.4 Å². The normalized spacial score (nSPS) is 11.1. The Balaban J connectivity index is 1.79. The molecule has 2 N–H and O–H groups in total. The molecule has 1 amide bonds. The summed E-state index contributed by atoms with van der Waals surface area (Å²) in [5.74, 6) is -0.915. The number of benzene rings is 2. The van der Waals surface area contributed by atoms with Crippen LogP contribution in [-0.2, 0) is 0 Å². The van der Waals surface area contributed by atoms with Crippen molar-refractivity contribution in [2.45, 2.75) is 0 Å². The van der Waals surface area contributed by atoms with E-state index in [9.17, 15) is 14.7 Å². The number of hydrogen-bond donors (Lipinski definition) is 2. The van der Waals surface area contributed by atoms with Crippen molar-refractivity contribution in [1.29, 1.82) is 0 Å². The van der Waals surface area contributed by atoms with Gasteiger partial charge in [-0.1, -0.05) is 41.9 Å². The van der Waals surface area contributed by atoms with Crippen molar-refractivity contribution in [2.24, 2.45) is 0 Å². The molecule has 0 saturated heterocycles. The quantitative estimate of drug-likeness (QED) is 0.504. The maximum atomic E-state index is 12.6. The summed E-state index contributed by atoms with van der Waals surface area (Å²) in [4.78, 5) is 24.9. The molecule has 0 unspecified atom stereocenters. The van der Waals surface area contributed by atoms with Gasteiger partial charge in [-0.25, -0.2) is 4.79 Å². The highest BCUT2D eigenvalue weighted by Crippen LogP contribution is 2.36. The van der Waals surface area contributed by atoms with Crippen LogP contribution in [0.1, 0.15) is 9.67 Å². The molecule has 0 spiro atoms. The minimum atomic E-state index is -0.832. The van der Waals surface area contributed by atoms with Gasteiger partial charge in [0, 0.05) is 10.1 Å². The summed E-state index contributed by atoms with van der Waals surface area (Å²) in [6, 6.07) is 13.9. The minimum Gasteiger partial charge on any atom is -0.505 e. The standard InChI is InChI=1S/C18H10ClNO4S/c19-13-10-6-2-4-8-12(10)25-16(13)17(22)20-14-15(21)9-5-1-3-7-11(9)24-18(14)23/h1-8,21H,(H,20,22). The van der Waals surface area contributed by atoms with Crippen molar-refractivity contribution >= 4 is 55.6 Å². The predicted octanol–water partition coefficient (Wildman–Crippen LogP) is 4.62. The predicted molar refractivity (Wildman–Crippen MR) is 98.9 cm³/mol. The first kappa shape index (κ1) is 15.7. The first-order chi connectivity index (χ1) is 12.1. The van der Waals surface area contributed by atoms with Crippen molar-refractivity contribution in [3.05, 3.63) is 68.9 Å². The van der Waals surface area contributed by atoms with E-state index in [-0.39, 0.29) is 21.9 Å². The van der Waals surface area contributed by atoms with Gasteiger partial charge >= 0.3 is 5.63 Å². The van der Waals surface area contributed by atoms with Crippen LogP contribution in [0.25, 0.3) is 21.1 Å². The molecular weight excluding hydrogens is 362 g/mol. The van der Waals surface area contributed by atoms with E-state index in [1.54, 1.807) is 24.3 Å². The van der Waals surface area contributed by atoms with Crippen molar-refractivity contribution in [2.75, 3.05) is 5.32 Å². The zero-order valence-corrected chi connectivity index (χ0v) is 14.1. The molecule has 2 heterocycles. The molecule has 0 saturated carbocycles. The van der Waals surface area contributed by atoms with Gasteiger partial charge in [0.2, 0.25) is 0 Å². The lowest BCUT2D eigenvalue weighted by Crippen LogP contribution is -2.17. The number of para-hydroxylation sites is 1. The molecule has 0 aliphatic heterocycles. The van der Waals surface area contributed by atoms with E-state index in [2.05, 4.69) is 5.32 Å². The Morgan fingerprint density at radius 2 is 1.76 bits per heavy atom. The molecule has 4 rings (SSSR count).